The summed E-state index contributed by atoms with van der Waals surface area (Å²) in [7, 11) is 0. The Bertz CT molecular complexity index is 1850. The average molecular weight is 671 g/mol. The SMILES string of the molecule is FC(F)(F)c1cccc(-c2ccc3c(n2)N[C@H]2CCN3C2)c1.N.NC(=O)N1c2nc(-c3cccc(C(F)(F)F)c3)ccc2N2CC[C@H]1C2. The number of nitrogens with one attached hydrogen (secondary N) is 1. The van der Waals surface area contributed by atoms with Crippen molar-refractivity contribution in [1.29, 1.82) is 0 Å². The zero-order chi connectivity index (χ0) is 33.1. The summed E-state index contributed by atoms with van der Waals surface area (Å²) < 4.78 is 77.3. The minimum Gasteiger partial charge on any atom is -0.366 e. The molecule has 48 heavy (non-hydrogen) atoms. The number of nitrogens with zero attached hydrogens (tertiary/aromatic N) is 5. The van der Waals surface area contributed by atoms with Crippen LogP contribution in [-0.4, -0.2) is 54.3 Å². The summed E-state index contributed by atoms with van der Waals surface area (Å²) in [5, 5.41) is 3.37. The fourth-order valence-corrected chi connectivity index (χ4v) is 6.63. The summed E-state index contributed by atoms with van der Waals surface area (Å²) in [6.45, 7) is 3.46. The third-order valence-electron chi connectivity index (χ3n) is 8.90. The Labute approximate surface area is 271 Å². The van der Waals surface area contributed by atoms with Gasteiger partial charge in [0.2, 0.25) is 0 Å². The molecule has 0 saturated carbocycles. The number of benzene rings is 2. The largest absolute Gasteiger partial charge is 0.416 e. The van der Waals surface area contributed by atoms with Crippen molar-refractivity contribution in [3.05, 3.63) is 83.9 Å². The molecule has 2 saturated heterocycles. The number of aromatic nitrogens is 2. The van der Waals surface area contributed by atoms with Gasteiger partial charge in [-0.3, -0.25) is 4.90 Å². The number of halogens is 6. The van der Waals surface area contributed by atoms with E-state index in [-0.39, 0.29) is 12.2 Å². The quantitative estimate of drug-likeness (QED) is 0.193. The third kappa shape index (κ3) is 6.17. The smallest absolute Gasteiger partial charge is 0.366 e. The van der Waals surface area contributed by atoms with Gasteiger partial charge in [-0.15, -0.1) is 0 Å². The average Bonchev–Trinajstić information content (AvgIpc) is 3.64. The zero-order valence-electron chi connectivity index (χ0n) is 25.5. The van der Waals surface area contributed by atoms with Crippen molar-refractivity contribution < 1.29 is 31.1 Å². The summed E-state index contributed by atoms with van der Waals surface area (Å²) in [5.74, 6) is 1.18. The van der Waals surface area contributed by atoms with Gasteiger partial charge in [-0.25, -0.2) is 14.8 Å². The van der Waals surface area contributed by atoms with E-state index < -0.39 is 29.5 Å². The zero-order valence-corrected chi connectivity index (χ0v) is 25.5. The van der Waals surface area contributed by atoms with Gasteiger partial charge in [-0.2, -0.15) is 26.3 Å². The first kappa shape index (κ1) is 32.9. The number of pyridine rings is 2. The summed E-state index contributed by atoms with van der Waals surface area (Å²) in [6.07, 6.45) is -6.91. The first-order valence-electron chi connectivity index (χ1n) is 15.1. The van der Waals surface area contributed by atoms with Crippen molar-refractivity contribution >= 4 is 29.0 Å². The predicted octanol–water partition coefficient (Wildman–Crippen LogP) is 7.18. The minimum atomic E-state index is -4.42. The normalized spacial score (nSPS) is 19.0. The van der Waals surface area contributed by atoms with Crippen molar-refractivity contribution in [2.45, 2.75) is 37.3 Å². The van der Waals surface area contributed by atoms with Gasteiger partial charge in [-0.05, 0) is 61.4 Å². The van der Waals surface area contributed by atoms with Crippen LogP contribution in [0, 0.1) is 0 Å². The number of alkyl halides is 6. The lowest BCUT2D eigenvalue weighted by molar-refractivity contribution is -0.138. The van der Waals surface area contributed by atoms with E-state index in [1.807, 2.05) is 6.07 Å². The lowest BCUT2D eigenvalue weighted by atomic mass is 10.1. The summed E-state index contributed by atoms with van der Waals surface area (Å²) >= 11 is 0. The van der Waals surface area contributed by atoms with Gasteiger partial charge < -0.3 is 27.0 Å². The molecule has 0 radical (unpaired) electrons. The lowest BCUT2D eigenvalue weighted by Crippen LogP contribution is -2.48. The number of carbonyl (C=O) groups is 1. The van der Waals surface area contributed by atoms with E-state index >= 15 is 0 Å². The number of amides is 2. The van der Waals surface area contributed by atoms with Gasteiger partial charge in [0, 0.05) is 43.3 Å². The molecule has 6 heterocycles. The van der Waals surface area contributed by atoms with Crippen LogP contribution in [-0.2, 0) is 12.4 Å². The lowest BCUT2D eigenvalue weighted by Gasteiger charge is -2.34. The standard InChI is InChI=1S/C17H15F3N4O.C16H14F3N3.H3N/c18-17(19,20)11-3-1-2-10(8-11)13-4-5-14-15(22-13)24(16(21)25)12-6-7-23(14)9-12;17-16(18,19)11-3-1-2-10(8-11)13-4-5-14-15(21-13)20-12-6-7-22(14)9-12;/h1-5,8,12H,6-7,9H2,(H2,21,25);1-5,8,12H,6-7,9H2,(H,20,21);1H3/t2*12-;/m00./s1. The number of rotatable bonds is 2. The second kappa shape index (κ2) is 12.2. The fourth-order valence-electron chi connectivity index (χ4n) is 6.63. The number of fused-ring (bicyclic) bond motifs is 8. The molecule has 2 amide bonds. The second-order valence-corrected chi connectivity index (χ2v) is 11.9. The second-order valence-electron chi connectivity index (χ2n) is 11.9. The molecule has 4 bridgehead atoms. The molecule has 2 aromatic carbocycles. The Kier molecular flexibility index (Phi) is 8.35. The van der Waals surface area contributed by atoms with Crippen LogP contribution in [0.2, 0.25) is 0 Å². The van der Waals surface area contributed by atoms with Crippen molar-refractivity contribution in [3.63, 3.8) is 0 Å². The van der Waals surface area contributed by atoms with Crippen LogP contribution in [0.4, 0.5) is 54.1 Å². The van der Waals surface area contributed by atoms with E-state index in [9.17, 15) is 31.1 Å². The van der Waals surface area contributed by atoms with Gasteiger partial charge >= 0.3 is 18.4 Å². The van der Waals surface area contributed by atoms with Crippen molar-refractivity contribution in [1.82, 2.24) is 16.1 Å². The Morgan fingerprint density at radius 2 is 1.31 bits per heavy atom. The van der Waals surface area contributed by atoms with Crippen LogP contribution in [0.3, 0.4) is 0 Å². The van der Waals surface area contributed by atoms with E-state index in [0.717, 1.165) is 73.9 Å². The maximum Gasteiger partial charge on any atom is 0.416 e. The number of primary amides is 1. The van der Waals surface area contributed by atoms with Gasteiger partial charge in [0.1, 0.15) is 0 Å². The molecule has 252 valence electrons. The van der Waals surface area contributed by atoms with Gasteiger partial charge in [0.05, 0.1) is 39.9 Å². The maximum absolute atomic E-state index is 12.9. The van der Waals surface area contributed by atoms with Crippen molar-refractivity contribution in [2.24, 2.45) is 5.73 Å². The van der Waals surface area contributed by atoms with Crippen LogP contribution in [0.5, 0.6) is 0 Å². The molecule has 9 nitrogen and oxygen atoms in total. The number of hydrogen-bond acceptors (Lipinski definition) is 7. The van der Waals surface area contributed by atoms with Crippen LogP contribution >= 0.6 is 0 Å². The van der Waals surface area contributed by atoms with E-state index in [2.05, 4.69) is 25.1 Å². The minimum absolute atomic E-state index is 0. The molecule has 2 aromatic heterocycles. The third-order valence-corrected chi connectivity index (χ3v) is 8.90. The molecule has 2 fully saturated rings. The highest BCUT2D eigenvalue weighted by Gasteiger charge is 2.40. The predicted molar refractivity (Wildman–Crippen MR) is 171 cm³/mol. The first-order valence-corrected chi connectivity index (χ1v) is 15.1. The molecule has 8 rings (SSSR count). The fraction of sp³-hybridized carbons (Fsp3) is 0.303. The van der Waals surface area contributed by atoms with Crippen molar-refractivity contribution in [2.75, 3.05) is 46.2 Å². The monoisotopic (exact) mass is 670 g/mol. The Morgan fingerprint density at radius 1 is 0.750 bits per heavy atom. The van der Waals surface area contributed by atoms with Gasteiger partial charge in [-0.1, -0.05) is 24.3 Å². The molecule has 2 atom stereocenters. The van der Waals surface area contributed by atoms with Crippen molar-refractivity contribution in [3.8, 4) is 22.5 Å². The maximum atomic E-state index is 12.9. The van der Waals surface area contributed by atoms with Gasteiger partial charge in [0.15, 0.2) is 11.6 Å². The van der Waals surface area contributed by atoms with Crippen LogP contribution in [0.25, 0.3) is 22.5 Å². The number of carbonyl (C=O) groups excluding carboxylic acids is 1. The highest BCUT2D eigenvalue weighted by atomic mass is 19.4. The van der Waals surface area contributed by atoms with E-state index in [1.54, 1.807) is 30.3 Å². The molecule has 15 heteroatoms. The summed E-state index contributed by atoms with van der Waals surface area (Å²) in [5.41, 5.74) is 7.69. The summed E-state index contributed by atoms with van der Waals surface area (Å²) in [4.78, 5) is 26.7. The molecule has 0 unspecified atom stereocenters. The molecule has 4 aliphatic rings. The molecule has 6 N–H and O–H groups in total. The van der Waals surface area contributed by atoms with Crippen LogP contribution in [0.15, 0.2) is 72.8 Å². The number of nitrogens with two attached hydrogens (primary N) is 1. The van der Waals surface area contributed by atoms with E-state index in [4.69, 9.17) is 5.73 Å². The van der Waals surface area contributed by atoms with Crippen LogP contribution < -0.4 is 31.9 Å². The van der Waals surface area contributed by atoms with Gasteiger partial charge in [0.25, 0.3) is 0 Å². The Balaban J connectivity index is 0.000000165. The summed E-state index contributed by atoms with van der Waals surface area (Å²) in [6, 6.07) is 17.2. The van der Waals surface area contributed by atoms with E-state index in [0.29, 0.717) is 40.9 Å². The number of anilines is 4. The molecule has 0 spiro atoms. The first-order chi connectivity index (χ1) is 22.3. The molecule has 4 aliphatic heterocycles. The molecule has 0 aliphatic carbocycles. The highest BCUT2D eigenvalue weighted by Crippen LogP contribution is 2.41. The van der Waals surface area contributed by atoms with Crippen LogP contribution in [0.1, 0.15) is 24.0 Å². The number of urea groups is 1. The highest BCUT2D eigenvalue weighted by molar-refractivity contribution is 5.96. The Hall–Kier alpha value is -5.05. The molecular weight excluding hydrogens is 638 g/mol. The number of hydrogen-bond donors (Lipinski definition) is 3. The topological polar surface area (TPSA) is 126 Å². The molecular formula is C33H32F6N8O. The Morgan fingerprint density at radius 3 is 1.92 bits per heavy atom. The van der Waals surface area contributed by atoms with E-state index in [1.165, 1.54) is 17.0 Å². The molecule has 4 aromatic rings.